The average Bonchev–Trinajstić information content (AvgIpc) is 3.20. The highest BCUT2D eigenvalue weighted by Crippen LogP contribution is 2.23. The molecule has 30 heavy (non-hydrogen) atoms. The average molecular weight is 452 g/mol. The first-order chi connectivity index (χ1) is 14.2. The van der Waals surface area contributed by atoms with Gasteiger partial charge in [0.25, 0.3) is 11.8 Å². The maximum Gasteiger partial charge on any atom is 0.326 e. The van der Waals surface area contributed by atoms with Crippen molar-refractivity contribution in [2.24, 2.45) is 0 Å². The third-order valence-corrected chi connectivity index (χ3v) is 4.84. The van der Waals surface area contributed by atoms with Crippen LogP contribution in [0.4, 0.5) is 4.39 Å². The van der Waals surface area contributed by atoms with Crippen LogP contribution in [-0.4, -0.2) is 28.6 Å². The number of hydrogen-bond donors (Lipinski definition) is 1. The Morgan fingerprint density at radius 1 is 1.20 bits per heavy atom. The summed E-state index contributed by atoms with van der Waals surface area (Å²) in [5.41, 5.74) is 1.17. The summed E-state index contributed by atoms with van der Waals surface area (Å²) >= 11 is 11.7. The Bertz CT molecular complexity index is 1100. The molecule has 3 rings (SSSR count). The van der Waals surface area contributed by atoms with E-state index in [1.807, 2.05) is 0 Å². The zero-order valence-electron chi connectivity index (χ0n) is 15.9. The third-order valence-electron chi connectivity index (χ3n) is 4.10. The van der Waals surface area contributed by atoms with E-state index in [0.717, 1.165) is 0 Å². The lowest BCUT2D eigenvalue weighted by molar-refractivity contribution is -0.148. The molecule has 1 aromatic heterocycles. The summed E-state index contributed by atoms with van der Waals surface area (Å²) in [6.07, 6.45) is -0.865. The van der Waals surface area contributed by atoms with Gasteiger partial charge >= 0.3 is 5.97 Å². The van der Waals surface area contributed by atoms with Gasteiger partial charge in [-0.15, -0.1) is 0 Å². The summed E-state index contributed by atoms with van der Waals surface area (Å²) in [5.74, 6) is -1.41. The van der Waals surface area contributed by atoms with Crippen molar-refractivity contribution in [1.82, 2.24) is 15.5 Å². The van der Waals surface area contributed by atoms with Crippen LogP contribution in [0.25, 0.3) is 11.4 Å². The lowest BCUT2D eigenvalue weighted by Gasteiger charge is -2.10. The molecule has 0 aliphatic heterocycles. The molecule has 2 aromatic carbocycles. The number of hydrogen-bond acceptors (Lipinski definition) is 6. The van der Waals surface area contributed by atoms with Crippen LogP contribution in [-0.2, 0) is 9.53 Å². The number of carbonyl (C=O) groups excluding carboxylic acids is 2. The van der Waals surface area contributed by atoms with E-state index in [1.165, 1.54) is 31.2 Å². The molecule has 0 saturated heterocycles. The van der Waals surface area contributed by atoms with Crippen molar-refractivity contribution in [2.75, 3.05) is 6.54 Å². The molecule has 10 heteroatoms. The van der Waals surface area contributed by atoms with Gasteiger partial charge in [0.05, 0.1) is 10.0 Å². The molecule has 0 fully saturated rings. The van der Waals surface area contributed by atoms with E-state index in [4.69, 9.17) is 32.5 Å². The van der Waals surface area contributed by atoms with Crippen molar-refractivity contribution in [3.63, 3.8) is 0 Å². The van der Waals surface area contributed by atoms with Gasteiger partial charge < -0.3 is 14.6 Å². The Hall–Kier alpha value is -2.97. The lowest BCUT2D eigenvalue weighted by atomic mass is 10.1. The molecule has 7 nitrogen and oxygen atoms in total. The normalized spacial score (nSPS) is 11.8. The standard InChI is InChI=1S/C20H16Cl2FN3O4/c1-10-3-4-12(8-16(10)23)18-25-20(30-26-18)11(2)29-17(27)9-24-19(28)13-5-6-14(21)15(22)7-13/h3-8,11H,9H2,1-2H3,(H,24,28). The van der Waals surface area contributed by atoms with Crippen LogP contribution >= 0.6 is 23.2 Å². The van der Waals surface area contributed by atoms with Crippen LogP contribution in [0.15, 0.2) is 40.9 Å². The fraction of sp³-hybridized carbons (Fsp3) is 0.200. The second-order valence-corrected chi connectivity index (χ2v) is 7.18. The Morgan fingerprint density at radius 2 is 1.97 bits per heavy atom. The summed E-state index contributed by atoms with van der Waals surface area (Å²) in [6.45, 7) is 2.79. The monoisotopic (exact) mass is 451 g/mol. The van der Waals surface area contributed by atoms with Gasteiger partial charge in [-0.1, -0.05) is 40.5 Å². The van der Waals surface area contributed by atoms with Crippen LogP contribution in [0, 0.1) is 12.7 Å². The second-order valence-electron chi connectivity index (χ2n) is 6.36. The molecule has 0 radical (unpaired) electrons. The molecule has 0 bridgehead atoms. The fourth-order valence-electron chi connectivity index (χ4n) is 2.43. The molecular formula is C20H16Cl2FN3O4. The minimum Gasteiger partial charge on any atom is -0.451 e. The van der Waals surface area contributed by atoms with Gasteiger partial charge in [-0.25, -0.2) is 4.39 Å². The largest absolute Gasteiger partial charge is 0.451 e. The number of amides is 1. The van der Waals surface area contributed by atoms with Gasteiger partial charge in [0, 0.05) is 11.1 Å². The van der Waals surface area contributed by atoms with Crippen LogP contribution < -0.4 is 5.32 Å². The summed E-state index contributed by atoms with van der Waals surface area (Å²) in [5, 5.41) is 6.74. The third kappa shape index (κ3) is 5.14. The van der Waals surface area contributed by atoms with Gasteiger partial charge in [-0.2, -0.15) is 4.98 Å². The van der Waals surface area contributed by atoms with E-state index in [0.29, 0.717) is 16.1 Å². The first-order valence-electron chi connectivity index (χ1n) is 8.77. The van der Waals surface area contributed by atoms with E-state index in [9.17, 15) is 14.0 Å². The van der Waals surface area contributed by atoms with Crippen LogP contribution in [0.1, 0.15) is 34.8 Å². The van der Waals surface area contributed by atoms with Crippen molar-refractivity contribution in [3.8, 4) is 11.4 Å². The van der Waals surface area contributed by atoms with E-state index < -0.39 is 23.8 Å². The molecule has 0 spiro atoms. The molecule has 0 aliphatic rings. The minimum atomic E-state index is -0.865. The Morgan fingerprint density at radius 3 is 2.67 bits per heavy atom. The van der Waals surface area contributed by atoms with Gasteiger partial charge in [-0.3, -0.25) is 9.59 Å². The highest BCUT2D eigenvalue weighted by Gasteiger charge is 2.20. The molecule has 0 aliphatic carbocycles. The van der Waals surface area contributed by atoms with Crippen molar-refractivity contribution >= 4 is 35.1 Å². The zero-order valence-corrected chi connectivity index (χ0v) is 17.4. The maximum absolute atomic E-state index is 13.7. The van der Waals surface area contributed by atoms with E-state index in [1.54, 1.807) is 19.1 Å². The molecule has 3 aromatic rings. The van der Waals surface area contributed by atoms with Gasteiger partial charge in [0.15, 0.2) is 6.10 Å². The topological polar surface area (TPSA) is 94.3 Å². The van der Waals surface area contributed by atoms with Gasteiger partial charge in [0.1, 0.15) is 12.4 Å². The Kier molecular flexibility index (Phi) is 6.69. The van der Waals surface area contributed by atoms with E-state index in [2.05, 4.69) is 15.5 Å². The molecule has 1 heterocycles. The number of halogens is 3. The predicted molar refractivity (Wildman–Crippen MR) is 108 cm³/mol. The fourth-order valence-corrected chi connectivity index (χ4v) is 2.73. The number of aromatic nitrogens is 2. The number of esters is 1. The number of nitrogens with zero attached hydrogens (tertiary/aromatic N) is 2. The second kappa shape index (κ2) is 9.23. The summed E-state index contributed by atoms with van der Waals surface area (Å²) in [7, 11) is 0. The van der Waals surface area contributed by atoms with Crippen LogP contribution in [0.2, 0.25) is 10.0 Å². The minimum absolute atomic E-state index is 0.0372. The molecule has 0 saturated carbocycles. The van der Waals surface area contributed by atoms with Gasteiger partial charge in [-0.05, 0) is 43.7 Å². The van der Waals surface area contributed by atoms with Crippen molar-refractivity contribution in [2.45, 2.75) is 20.0 Å². The summed E-state index contributed by atoms with van der Waals surface area (Å²) < 4.78 is 24.0. The molecule has 1 unspecified atom stereocenters. The highest BCUT2D eigenvalue weighted by atomic mass is 35.5. The Labute approximate surface area is 181 Å². The van der Waals surface area contributed by atoms with Crippen molar-refractivity contribution in [1.29, 1.82) is 0 Å². The predicted octanol–water partition coefficient (Wildman–Crippen LogP) is 4.53. The first-order valence-corrected chi connectivity index (χ1v) is 9.53. The maximum atomic E-state index is 13.7. The molecule has 1 amide bonds. The molecule has 1 atom stereocenters. The lowest BCUT2D eigenvalue weighted by Crippen LogP contribution is -2.31. The number of aryl methyl sites for hydroxylation is 1. The van der Waals surface area contributed by atoms with Crippen LogP contribution in [0.3, 0.4) is 0 Å². The van der Waals surface area contributed by atoms with Crippen LogP contribution in [0.5, 0.6) is 0 Å². The number of carbonyl (C=O) groups is 2. The number of benzene rings is 2. The molecular weight excluding hydrogens is 436 g/mol. The van der Waals surface area contributed by atoms with Crippen molar-refractivity contribution < 1.29 is 23.2 Å². The quantitative estimate of drug-likeness (QED) is 0.553. The summed E-state index contributed by atoms with van der Waals surface area (Å²) in [4.78, 5) is 28.2. The smallest absolute Gasteiger partial charge is 0.326 e. The van der Waals surface area contributed by atoms with Gasteiger partial charge in [0.2, 0.25) is 5.82 Å². The molecule has 1 N–H and O–H groups in total. The molecule has 156 valence electrons. The summed E-state index contributed by atoms with van der Waals surface area (Å²) in [6, 6.07) is 8.89. The number of ether oxygens (including phenoxy) is 1. The van der Waals surface area contributed by atoms with E-state index in [-0.39, 0.29) is 28.8 Å². The zero-order chi connectivity index (χ0) is 21.8. The Balaban J connectivity index is 1.56. The highest BCUT2D eigenvalue weighted by molar-refractivity contribution is 6.42. The van der Waals surface area contributed by atoms with Crippen molar-refractivity contribution in [3.05, 3.63) is 69.3 Å². The van der Waals surface area contributed by atoms with E-state index >= 15 is 0 Å². The number of nitrogens with one attached hydrogen (secondary N) is 1. The SMILES string of the molecule is Cc1ccc(-c2noc(C(C)OC(=O)CNC(=O)c3ccc(Cl)c(Cl)c3)n2)cc1F. The first kappa shape index (κ1) is 21.7. The number of rotatable bonds is 6.